The first-order chi connectivity index (χ1) is 11.7. The minimum absolute atomic E-state index is 0.270. The number of carbonyl (C=O) groups excluding carboxylic acids is 1. The summed E-state index contributed by atoms with van der Waals surface area (Å²) < 4.78 is 5.79. The van der Waals surface area contributed by atoms with Crippen LogP contribution in [-0.2, 0) is 6.61 Å². The summed E-state index contributed by atoms with van der Waals surface area (Å²) in [7, 11) is 0. The van der Waals surface area contributed by atoms with E-state index in [0.29, 0.717) is 28.6 Å². The summed E-state index contributed by atoms with van der Waals surface area (Å²) in [4.78, 5) is 16.5. The molecule has 0 saturated carbocycles. The van der Waals surface area contributed by atoms with Gasteiger partial charge in [0.05, 0.1) is 16.3 Å². The lowest BCUT2D eigenvalue weighted by Gasteiger charge is -2.12. The minimum atomic E-state index is -0.270. The number of para-hydroxylation sites is 2. The van der Waals surface area contributed by atoms with Crippen molar-refractivity contribution in [3.8, 4) is 5.75 Å². The lowest BCUT2D eigenvalue weighted by Crippen LogP contribution is -2.14. The Morgan fingerprint density at radius 3 is 2.50 bits per heavy atom. The van der Waals surface area contributed by atoms with E-state index in [1.54, 1.807) is 42.7 Å². The molecular formula is C19H15ClN2O2. The molecular weight excluding hydrogens is 324 g/mol. The van der Waals surface area contributed by atoms with Crippen LogP contribution in [0.3, 0.4) is 0 Å². The zero-order valence-electron chi connectivity index (χ0n) is 12.8. The number of ether oxygens (including phenoxy) is 1. The van der Waals surface area contributed by atoms with Gasteiger partial charge in [0.25, 0.3) is 5.91 Å². The number of rotatable bonds is 5. The quantitative estimate of drug-likeness (QED) is 0.741. The van der Waals surface area contributed by atoms with E-state index in [4.69, 9.17) is 16.3 Å². The predicted molar refractivity (Wildman–Crippen MR) is 94.4 cm³/mol. The van der Waals surface area contributed by atoms with Gasteiger partial charge in [-0.1, -0.05) is 35.9 Å². The number of pyridine rings is 1. The number of hydrogen-bond acceptors (Lipinski definition) is 3. The Hall–Kier alpha value is -2.85. The molecule has 1 N–H and O–H groups in total. The van der Waals surface area contributed by atoms with Crippen molar-refractivity contribution in [3.05, 3.63) is 89.2 Å². The van der Waals surface area contributed by atoms with Crippen LogP contribution in [0.25, 0.3) is 0 Å². The number of hydrogen-bond donors (Lipinski definition) is 1. The second kappa shape index (κ2) is 7.62. The normalized spacial score (nSPS) is 10.2. The van der Waals surface area contributed by atoms with Crippen molar-refractivity contribution in [2.24, 2.45) is 0 Å². The maximum Gasteiger partial charge on any atom is 0.259 e. The first kappa shape index (κ1) is 16.0. The van der Waals surface area contributed by atoms with Crippen molar-refractivity contribution in [2.75, 3.05) is 5.32 Å². The molecule has 3 aromatic rings. The van der Waals surface area contributed by atoms with Gasteiger partial charge in [-0.3, -0.25) is 9.78 Å². The van der Waals surface area contributed by atoms with Crippen molar-refractivity contribution in [1.82, 2.24) is 4.98 Å². The molecule has 0 spiro atoms. The van der Waals surface area contributed by atoms with Crippen LogP contribution < -0.4 is 10.1 Å². The highest BCUT2D eigenvalue weighted by Crippen LogP contribution is 2.24. The second-order valence-electron chi connectivity index (χ2n) is 5.07. The SMILES string of the molecule is O=C(Nc1ccccc1Cl)c1ccccc1OCc1ccncc1. The van der Waals surface area contributed by atoms with Crippen molar-refractivity contribution in [3.63, 3.8) is 0 Å². The fourth-order valence-electron chi connectivity index (χ4n) is 2.17. The molecule has 0 bridgehead atoms. The summed E-state index contributed by atoms with van der Waals surface area (Å²) in [6.07, 6.45) is 3.41. The van der Waals surface area contributed by atoms with Crippen LogP contribution in [0.1, 0.15) is 15.9 Å². The number of amides is 1. The molecule has 0 saturated heterocycles. The van der Waals surface area contributed by atoms with E-state index in [-0.39, 0.29) is 5.91 Å². The fourth-order valence-corrected chi connectivity index (χ4v) is 2.36. The van der Waals surface area contributed by atoms with Crippen molar-refractivity contribution < 1.29 is 9.53 Å². The smallest absolute Gasteiger partial charge is 0.259 e. The molecule has 4 nitrogen and oxygen atoms in total. The summed E-state index contributed by atoms with van der Waals surface area (Å²) in [5.41, 5.74) is 1.99. The van der Waals surface area contributed by atoms with Crippen molar-refractivity contribution in [1.29, 1.82) is 0 Å². The number of halogens is 1. The molecule has 1 amide bonds. The monoisotopic (exact) mass is 338 g/mol. The number of nitrogens with zero attached hydrogens (tertiary/aromatic N) is 1. The van der Waals surface area contributed by atoms with Gasteiger partial charge in [-0.05, 0) is 42.0 Å². The molecule has 0 radical (unpaired) electrons. The molecule has 0 atom stereocenters. The maximum atomic E-state index is 12.5. The first-order valence-corrected chi connectivity index (χ1v) is 7.78. The van der Waals surface area contributed by atoms with Crippen LogP contribution in [0.4, 0.5) is 5.69 Å². The zero-order valence-corrected chi connectivity index (χ0v) is 13.5. The highest BCUT2D eigenvalue weighted by molar-refractivity contribution is 6.33. The Kier molecular flexibility index (Phi) is 5.08. The summed E-state index contributed by atoms with van der Waals surface area (Å²) >= 11 is 6.08. The van der Waals surface area contributed by atoms with Crippen LogP contribution in [0, 0.1) is 0 Å². The molecule has 1 heterocycles. The van der Waals surface area contributed by atoms with Crippen LogP contribution in [0.2, 0.25) is 5.02 Å². The van der Waals surface area contributed by atoms with E-state index < -0.39 is 0 Å². The van der Waals surface area contributed by atoms with Gasteiger partial charge < -0.3 is 10.1 Å². The molecule has 5 heteroatoms. The molecule has 24 heavy (non-hydrogen) atoms. The standard InChI is InChI=1S/C19H15ClN2O2/c20-16-6-2-3-7-17(16)22-19(23)15-5-1-4-8-18(15)24-13-14-9-11-21-12-10-14/h1-12H,13H2,(H,22,23). The lowest BCUT2D eigenvalue weighted by molar-refractivity contribution is 0.102. The van der Waals surface area contributed by atoms with Crippen LogP contribution >= 0.6 is 11.6 Å². The minimum Gasteiger partial charge on any atom is -0.488 e. The third-order valence-corrected chi connectivity index (χ3v) is 3.73. The summed E-state index contributed by atoms with van der Waals surface area (Å²) in [6.45, 7) is 0.360. The first-order valence-electron chi connectivity index (χ1n) is 7.40. The molecule has 1 aromatic heterocycles. The van der Waals surface area contributed by atoms with Crippen molar-refractivity contribution in [2.45, 2.75) is 6.61 Å². The Labute approximate surface area is 145 Å². The molecule has 120 valence electrons. The van der Waals surface area contributed by atoms with E-state index in [0.717, 1.165) is 5.56 Å². The van der Waals surface area contributed by atoms with Gasteiger partial charge in [0.1, 0.15) is 12.4 Å². The molecule has 0 unspecified atom stereocenters. The molecule has 0 fully saturated rings. The Morgan fingerprint density at radius 2 is 1.71 bits per heavy atom. The van der Waals surface area contributed by atoms with Crippen LogP contribution in [0.15, 0.2) is 73.1 Å². The number of nitrogens with one attached hydrogen (secondary N) is 1. The van der Waals surface area contributed by atoms with E-state index in [1.807, 2.05) is 30.3 Å². The highest BCUT2D eigenvalue weighted by Gasteiger charge is 2.13. The van der Waals surface area contributed by atoms with E-state index in [2.05, 4.69) is 10.3 Å². The molecule has 0 aliphatic rings. The van der Waals surface area contributed by atoms with Gasteiger partial charge in [-0.25, -0.2) is 0 Å². The maximum absolute atomic E-state index is 12.5. The largest absolute Gasteiger partial charge is 0.488 e. The van der Waals surface area contributed by atoms with Gasteiger partial charge in [-0.15, -0.1) is 0 Å². The Bertz CT molecular complexity index is 838. The molecule has 0 aliphatic heterocycles. The van der Waals surface area contributed by atoms with E-state index in [1.165, 1.54) is 0 Å². The summed E-state index contributed by atoms with van der Waals surface area (Å²) in [5.74, 6) is 0.243. The number of carbonyl (C=O) groups is 1. The van der Waals surface area contributed by atoms with Gasteiger partial charge >= 0.3 is 0 Å². The van der Waals surface area contributed by atoms with Gasteiger partial charge in [-0.2, -0.15) is 0 Å². The lowest BCUT2D eigenvalue weighted by atomic mass is 10.1. The fraction of sp³-hybridized carbons (Fsp3) is 0.0526. The van der Waals surface area contributed by atoms with Crippen molar-refractivity contribution >= 4 is 23.2 Å². The van der Waals surface area contributed by atoms with Crippen LogP contribution in [-0.4, -0.2) is 10.9 Å². The average molecular weight is 339 g/mol. The number of aromatic nitrogens is 1. The average Bonchev–Trinajstić information content (AvgIpc) is 2.63. The van der Waals surface area contributed by atoms with E-state index >= 15 is 0 Å². The zero-order chi connectivity index (χ0) is 16.8. The van der Waals surface area contributed by atoms with Gasteiger partial charge in [0.2, 0.25) is 0 Å². The molecule has 0 aliphatic carbocycles. The highest BCUT2D eigenvalue weighted by atomic mass is 35.5. The summed E-state index contributed by atoms with van der Waals surface area (Å²) in [5, 5.41) is 3.29. The molecule has 2 aromatic carbocycles. The van der Waals surface area contributed by atoms with Gasteiger partial charge in [0.15, 0.2) is 0 Å². The van der Waals surface area contributed by atoms with Gasteiger partial charge in [0, 0.05) is 12.4 Å². The Morgan fingerprint density at radius 1 is 1.00 bits per heavy atom. The number of anilines is 1. The molecule has 3 rings (SSSR count). The predicted octanol–water partition coefficient (Wildman–Crippen LogP) is 4.57. The van der Waals surface area contributed by atoms with E-state index in [9.17, 15) is 4.79 Å². The number of benzene rings is 2. The second-order valence-corrected chi connectivity index (χ2v) is 5.48. The Balaban J connectivity index is 1.76. The van der Waals surface area contributed by atoms with Crippen LogP contribution in [0.5, 0.6) is 5.75 Å². The third-order valence-electron chi connectivity index (χ3n) is 3.40. The third kappa shape index (κ3) is 3.91. The topological polar surface area (TPSA) is 51.2 Å². The summed E-state index contributed by atoms with van der Waals surface area (Å²) in [6, 6.07) is 17.9.